The van der Waals surface area contributed by atoms with Gasteiger partial charge in [-0.15, -0.1) is 0 Å². The van der Waals surface area contributed by atoms with E-state index in [2.05, 4.69) is 19.2 Å². The molecule has 90 valence electrons. The Hall–Kier alpha value is 0.0700. The normalized spacial score (nSPS) is 24.7. The average Bonchev–Trinajstić information content (AvgIpc) is 2.15. The van der Waals surface area contributed by atoms with Crippen LogP contribution in [0.2, 0.25) is 0 Å². The predicted octanol–water partition coefficient (Wildman–Crippen LogP) is 1.16. The second-order valence-corrected chi connectivity index (χ2v) is 6.42. The van der Waals surface area contributed by atoms with E-state index < -0.39 is 10.8 Å². The summed E-state index contributed by atoms with van der Waals surface area (Å²) in [4.78, 5) is 0. The molecule has 0 aromatic heterocycles. The molecule has 3 nitrogen and oxygen atoms in total. The van der Waals surface area contributed by atoms with Crippen LogP contribution in [-0.4, -0.2) is 42.0 Å². The van der Waals surface area contributed by atoms with Gasteiger partial charge in [-0.3, -0.25) is 4.21 Å². The van der Waals surface area contributed by atoms with E-state index in [4.69, 9.17) is 4.74 Å². The van der Waals surface area contributed by atoms with Crippen LogP contribution in [0.15, 0.2) is 0 Å². The van der Waals surface area contributed by atoms with Gasteiger partial charge >= 0.3 is 0 Å². The summed E-state index contributed by atoms with van der Waals surface area (Å²) < 4.78 is 16.4. The van der Waals surface area contributed by atoms with Gasteiger partial charge in [-0.1, -0.05) is 6.92 Å². The second-order valence-electron chi connectivity index (χ2n) is 4.94. The molecule has 0 radical (unpaired) electrons. The maximum atomic E-state index is 11.0. The fourth-order valence-electron chi connectivity index (χ4n) is 1.87. The molecule has 0 aromatic rings. The Labute approximate surface area is 95.4 Å². The molecule has 0 aromatic carbocycles. The minimum atomic E-state index is -0.703. The van der Waals surface area contributed by atoms with Crippen molar-refractivity contribution in [2.75, 3.05) is 31.8 Å². The number of ether oxygens (including phenoxy) is 1. The van der Waals surface area contributed by atoms with Crippen molar-refractivity contribution in [1.29, 1.82) is 0 Å². The van der Waals surface area contributed by atoms with E-state index in [-0.39, 0.29) is 0 Å². The molecule has 0 saturated carbocycles. The largest absolute Gasteiger partial charge is 0.381 e. The molecule has 0 spiro atoms. The molecular weight excluding hydrogens is 210 g/mol. The monoisotopic (exact) mass is 233 g/mol. The van der Waals surface area contributed by atoms with E-state index in [1.165, 1.54) is 0 Å². The van der Waals surface area contributed by atoms with Gasteiger partial charge in [0.1, 0.15) is 0 Å². The van der Waals surface area contributed by atoms with Gasteiger partial charge in [0.25, 0.3) is 0 Å². The van der Waals surface area contributed by atoms with E-state index in [9.17, 15) is 4.21 Å². The Morgan fingerprint density at radius 2 is 2.07 bits per heavy atom. The second kappa shape index (κ2) is 5.97. The van der Waals surface area contributed by atoms with E-state index in [0.29, 0.717) is 11.5 Å². The maximum Gasteiger partial charge on any atom is 0.0471 e. The highest BCUT2D eigenvalue weighted by Crippen LogP contribution is 2.28. The minimum Gasteiger partial charge on any atom is -0.381 e. The maximum absolute atomic E-state index is 11.0. The molecule has 1 rings (SSSR count). The fraction of sp³-hybridized carbons (Fsp3) is 1.00. The Kier molecular flexibility index (Phi) is 5.23. The third kappa shape index (κ3) is 5.09. The van der Waals surface area contributed by atoms with Gasteiger partial charge in [-0.25, -0.2) is 0 Å². The quantitative estimate of drug-likeness (QED) is 0.774. The zero-order chi connectivity index (χ0) is 11.3. The molecule has 1 fully saturated rings. The van der Waals surface area contributed by atoms with Crippen LogP contribution in [0.3, 0.4) is 0 Å². The predicted molar refractivity (Wildman–Crippen MR) is 64.6 cm³/mol. The topological polar surface area (TPSA) is 38.3 Å². The SMILES string of the molecule is CC(CS(C)=O)NCC1(C)CCOCC1. The fourth-order valence-corrected chi connectivity index (χ4v) is 2.69. The van der Waals surface area contributed by atoms with Crippen LogP contribution in [0.4, 0.5) is 0 Å². The molecule has 1 N–H and O–H groups in total. The van der Waals surface area contributed by atoms with Gasteiger partial charge in [-0.05, 0) is 25.2 Å². The van der Waals surface area contributed by atoms with Crippen LogP contribution in [0, 0.1) is 5.41 Å². The van der Waals surface area contributed by atoms with Crippen LogP contribution >= 0.6 is 0 Å². The molecule has 0 bridgehead atoms. The van der Waals surface area contributed by atoms with Crippen molar-refractivity contribution in [2.45, 2.75) is 32.7 Å². The summed E-state index contributed by atoms with van der Waals surface area (Å²) in [5.41, 5.74) is 0.363. The first-order valence-corrected chi connectivity index (χ1v) is 7.36. The van der Waals surface area contributed by atoms with Crippen molar-refractivity contribution >= 4 is 10.8 Å². The lowest BCUT2D eigenvalue weighted by Gasteiger charge is -2.34. The van der Waals surface area contributed by atoms with Crippen LogP contribution in [0.25, 0.3) is 0 Å². The lowest BCUT2D eigenvalue weighted by molar-refractivity contribution is 0.0234. The third-order valence-corrected chi connectivity index (χ3v) is 4.03. The Balaban J connectivity index is 2.25. The molecule has 0 aliphatic carbocycles. The molecule has 2 unspecified atom stereocenters. The lowest BCUT2D eigenvalue weighted by Crippen LogP contribution is -2.42. The van der Waals surface area contributed by atoms with Crippen LogP contribution in [-0.2, 0) is 15.5 Å². The number of nitrogens with one attached hydrogen (secondary N) is 1. The number of hydrogen-bond donors (Lipinski definition) is 1. The Morgan fingerprint density at radius 1 is 1.47 bits per heavy atom. The van der Waals surface area contributed by atoms with Crippen molar-refractivity contribution in [3.63, 3.8) is 0 Å². The highest BCUT2D eigenvalue weighted by atomic mass is 32.2. The first kappa shape index (κ1) is 13.1. The van der Waals surface area contributed by atoms with Gasteiger partial charge in [0.05, 0.1) is 0 Å². The van der Waals surface area contributed by atoms with E-state index >= 15 is 0 Å². The number of rotatable bonds is 5. The van der Waals surface area contributed by atoms with Crippen molar-refractivity contribution < 1.29 is 8.95 Å². The first-order chi connectivity index (χ1) is 7.02. The summed E-state index contributed by atoms with van der Waals surface area (Å²) in [6.07, 6.45) is 4.01. The standard InChI is InChI=1S/C11H23NO2S/c1-10(8-15(3)13)12-9-11(2)4-6-14-7-5-11/h10,12H,4-9H2,1-3H3. The zero-order valence-corrected chi connectivity index (χ0v) is 10.9. The molecule has 1 heterocycles. The smallest absolute Gasteiger partial charge is 0.0471 e. The first-order valence-electron chi connectivity index (χ1n) is 5.63. The summed E-state index contributed by atoms with van der Waals surface area (Å²) >= 11 is 0. The molecule has 2 atom stereocenters. The highest BCUT2D eigenvalue weighted by Gasteiger charge is 2.27. The van der Waals surface area contributed by atoms with E-state index in [1.54, 1.807) is 6.26 Å². The molecule has 15 heavy (non-hydrogen) atoms. The van der Waals surface area contributed by atoms with E-state index in [0.717, 1.165) is 38.4 Å². The van der Waals surface area contributed by atoms with E-state index in [1.807, 2.05) is 0 Å². The summed E-state index contributed by atoms with van der Waals surface area (Å²) in [6, 6.07) is 0.343. The van der Waals surface area contributed by atoms with Crippen molar-refractivity contribution in [1.82, 2.24) is 5.32 Å². The zero-order valence-electron chi connectivity index (χ0n) is 10.0. The van der Waals surface area contributed by atoms with Crippen LogP contribution < -0.4 is 5.32 Å². The van der Waals surface area contributed by atoms with Gasteiger partial charge in [0.2, 0.25) is 0 Å². The van der Waals surface area contributed by atoms with Crippen molar-refractivity contribution in [3.8, 4) is 0 Å². The van der Waals surface area contributed by atoms with Crippen LogP contribution in [0.5, 0.6) is 0 Å². The summed E-state index contributed by atoms with van der Waals surface area (Å²) in [5, 5.41) is 3.48. The van der Waals surface area contributed by atoms with Gasteiger partial charge in [0, 0.05) is 48.6 Å². The van der Waals surface area contributed by atoms with Gasteiger partial charge < -0.3 is 10.1 Å². The van der Waals surface area contributed by atoms with Crippen molar-refractivity contribution in [2.24, 2.45) is 5.41 Å². The lowest BCUT2D eigenvalue weighted by atomic mass is 9.82. The van der Waals surface area contributed by atoms with Gasteiger partial charge in [0.15, 0.2) is 0 Å². The Bertz CT molecular complexity index is 215. The minimum absolute atomic E-state index is 0.343. The average molecular weight is 233 g/mol. The summed E-state index contributed by atoms with van der Waals surface area (Å²) in [5.74, 6) is 0.743. The molecule has 1 aliphatic heterocycles. The Morgan fingerprint density at radius 3 is 2.60 bits per heavy atom. The molecule has 1 aliphatic rings. The molecular formula is C11H23NO2S. The molecule has 4 heteroatoms. The van der Waals surface area contributed by atoms with Gasteiger partial charge in [-0.2, -0.15) is 0 Å². The molecule has 0 amide bonds. The van der Waals surface area contributed by atoms with Crippen molar-refractivity contribution in [3.05, 3.63) is 0 Å². The van der Waals surface area contributed by atoms with Crippen LogP contribution in [0.1, 0.15) is 26.7 Å². The third-order valence-electron chi connectivity index (χ3n) is 3.06. The summed E-state index contributed by atoms with van der Waals surface area (Å²) in [7, 11) is -0.703. The number of hydrogen-bond acceptors (Lipinski definition) is 3. The highest BCUT2D eigenvalue weighted by molar-refractivity contribution is 7.84. The molecule has 1 saturated heterocycles. The summed E-state index contributed by atoms with van der Waals surface area (Å²) in [6.45, 7) is 7.18.